The fourth-order valence-electron chi connectivity index (χ4n) is 0.291. The Morgan fingerprint density at radius 2 is 1.00 bits per heavy atom. The van der Waals surface area contributed by atoms with Gasteiger partial charge in [-0.25, -0.2) is 0 Å². The minimum absolute atomic E-state index is 0.0380. The van der Waals surface area contributed by atoms with Crippen molar-refractivity contribution >= 4 is 8.16 Å². The van der Waals surface area contributed by atoms with E-state index in [1.807, 2.05) is 0 Å². The second kappa shape index (κ2) is 3.62. The number of hydrogen-bond acceptors (Lipinski definition) is 2. The zero-order valence-corrected chi connectivity index (χ0v) is 9.24. The molecule has 0 aromatic rings. The van der Waals surface area contributed by atoms with E-state index in [0.717, 1.165) is 8.16 Å². The van der Waals surface area contributed by atoms with Crippen molar-refractivity contribution in [3.05, 3.63) is 0 Å². The van der Waals surface area contributed by atoms with Crippen LogP contribution < -0.4 is 0 Å². The van der Waals surface area contributed by atoms with Gasteiger partial charge in [-0.3, -0.25) is 0 Å². The molecule has 0 aromatic heterocycles. The molecule has 0 N–H and O–H groups in total. The van der Waals surface area contributed by atoms with Gasteiger partial charge in [0.1, 0.15) is 0 Å². The molecule has 0 amide bonds. The van der Waals surface area contributed by atoms with E-state index in [2.05, 4.69) is 51.0 Å². The molecular formula is C8H18N2P+. The summed E-state index contributed by atoms with van der Waals surface area (Å²) in [5.41, 5.74) is 0.0760. The van der Waals surface area contributed by atoms with Gasteiger partial charge in [-0.1, -0.05) is 0 Å². The molecule has 64 valence electrons. The van der Waals surface area contributed by atoms with Crippen molar-refractivity contribution in [1.82, 2.24) is 0 Å². The molecule has 3 heteroatoms. The van der Waals surface area contributed by atoms with Crippen molar-refractivity contribution < 1.29 is 0 Å². The summed E-state index contributed by atoms with van der Waals surface area (Å²) in [6.07, 6.45) is 0. The van der Waals surface area contributed by atoms with Crippen molar-refractivity contribution in [2.75, 3.05) is 0 Å². The van der Waals surface area contributed by atoms with Crippen LogP contribution in [0.15, 0.2) is 9.49 Å². The van der Waals surface area contributed by atoms with Gasteiger partial charge in [0.25, 0.3) is 0 Å². The number of rotatable bonds is 0. The molecule has 0 radical (unpaired) electrons. The molecule has 0 atom stereocenters. The molecule has 0 aliphatic heterocycles. The zero-order valence-electron chi connectivity index (χ0n) is 8.34. The van der Waals surface area contributed by atoms with Crippen molar-refractivity contribution in [1.29, 1.82) is 0 Å². The van der Waals surface area contributed by atoms with Gasteiger partial charge in [-0.2, -0.15) is 0 Å². The van der Waals surface area contributed by atoms with Gasteiger partial charge < -0.3 is 0 Å². The Balaban J connectivity index is 4.25. The van der Waals surface area contributed by atoms with Crippen molar-refractivity contribution in [3.8, 4) is 0 Å². The van der Waals surface area contributed by atoms with Gasteiger partial charge in [0.2, 0.25) is 0 Å². The maximum atomic E-state index is 4.35. The Bertz CT molecular complexity index is 159. The molecule has 0 aliphatic carbocycles. The summed E-state index contributed by atoms with van der Waals surface area (Å²) in [5.74, 6) is 0. The molecule has 0 rings (SSSR count). The first kappa shape index (κ1) is 11.0. The molecule has 2 nitrogen and oxygen atoms in total. The fourth-order valence-corrected chi connectivity index (χ4v) is 0.872. The molecule has 0 unspecified atom stereocenters. The molecule has 0 fully saturated rings. The molecular weight excluding hydrogens is 155 g/mol. The van der Waals surface area contributed by atoms with Crippen LogP contribution in [-0.2, 0) is 0 Å². The second-order valence-corrected chi connectivity index (χ2v) is 5.21. The van der Waals surface area contributed by atoms with Crippen LogP contribution in [0.4, 0.5) is 0 Å². The van der Waals surface area contributed by atoms with Crippen molar-refractivity contribution in [3.63, 3.8) is 0 Å². The molecule has 0 aromatic carbocycles. The Hall–Kier alpha value is 0.0300. The van der Waals surface area contributed by atoms with E-state index in [4.69, 9.17) is 0 Å². The van der Waals surface area contributed by atoms with Crippen LogP contribution in [0, 0.1) is 0 Å². The van der Waals surface area contributed by atoms with E-state index in [1.54, 1.807) is 0 Å². The normalized spacial score (nSPS) is 12.5. The number of hydrogen-bond donors (Lipinski definition) is 0. The minimum atomic E-state index is 0.0380. The first-order chi connectivity index (χ1) is 4.71. The van der Waals surface area contributed by atoms with Crippen LogP contribution in [0.25, 0.3) is 0 Å². The first-order valence-electron chi connectivity index (χ1n) is 3.85. The van der Waals surface area contributed by atoms with E-state index in [-0.39, 0.29) is 11.1 Å². The topological polar surface area (TPSA) is 24.7 Å². The monoisotopic (exact) mass is 173 g/mol. The SMILES string of the molecule is CC(C)(C)N=[P+]=NC(C)(C)C. The summed E-state index contributed by atoms with van der Waals surface area (Å²) in [6.45, 7) is 12.5. The van der Waals surface area contributed by atoms with E-state index in [1.165, 1.54) is 0 Å². The average Bonchev–Trinajstić information content (AvgIpc) is 1.55. The van der Waals surface area contributed by atoms with E-state index in [0.29, 0.717) is 0 Å². The van der Waals surface area contributed by atoms with Gasteiger partial charge in [0.05, 0.1) is 0 Å². The second-order valence-electron chi connectivity index (χ2n) is 4.63. The average molecular weight is 173 g/mol. The van der Waals surface area contributed by atoms with Crippen LogP contribution in [-0.4, -0.2) is 11.1 Å². The first-order valence-corrected chi connectivity index (χ1v) is 4.65. The summed E-state index contributed by atoms with van der Waals surface area (Å²) < 4.78 is 8.69. The third kappa shape index (κ3) is 10.0. The summed E-state index contributed by atoms with van der Waals surface area (Å²) in [5, 5.41) is 0. The van der Waals surface area contributed by atoms with Crippen molar-refractivity contribution in [2.24, 2.45) is 9.49 Å². The van der Waals surface area contributed by atoms with Crippen LogP contribution in [0.5, 0.6) is 0 Å². The van der Waals surface area contributed by atoms with Crippen LogP contribution >= 0.6 is 8.16 Å². The maximum absolute atomic E-state index is 4.35. The van der Waals surface area contributed by atoms with Crippen molar-refractivity contribution in [2.45, 2.75) is 52.6 Å². The Morgan fingerprint density at radius 1 is 0.727 bits per heavy atom. The van der Waals surface area contributed by atoms with Gasteiger partial charge in [-0.15, -0.1) is 0 Å². The Labute approximate surface area is 71.0 Å². The molecule has 11 heavy (non-hydrogen) atoms. The fraction of sp³-hybridized carbons (Fsp3) is 1.00. The summed E-state index contributed by atoms with van der Waals surface area (Å²) in [4.78, 5) is 0. The molecule has 0 aliphatic rings. The quantitative estimate of drug-likeness (QED) is 0.496. The van der Waals surface area contributed by atoms with Gasteiger partial charge >= 0.3 is 70.3 Å². The molecule has 0 heterocycles. The number of nitrogens with zero attached hydrogens (tertiary/aromatic N) is 2. The summed E-state index contributed by atoms with van der Waals surface area (Å²) >= 11 is 0. The third-order valence-electron chi connectivity index (χ3n) is 0.689. The van der Waals surface area contributed by atoms with E-state index < -0.39 is 0 Å². The van der Waals surface area contributed by atoms with Gasteiger partial charge in [0, 0.05) is 0 Å². The third-order valence-corrected chi connectivity index (χ3v) is 2.07. The van der Waals surface area contributed by atoms with Crippen LogP contribution in [0.3, 0.4) is 0 Å². The van der Waals surface area contributed by atoms with Gasteiger partial charge in [0.15, 0.2) is 0 Å². The van der Waals surface area contributed by atoms with Crippen LogP contribution in [0.1, 0.15) is 41.5 Å². The Kier molecular flexibility index (Phi) is 3.63. The molecule has 0 bridgehead atoms. The zero-order chi connectivity index (χ0) is 9.12. The summed E-state index contributed by atoms with van der Waals surface area (Å²) in [6, 6.07) is 0. The molecule has 0 saturated carbocycles. The van der Waals surface area contributed by atoms with E-state index >= 15 is 0 Å². The molecule has 0 spiro atoms. The summed E-state index contributed by atoms with van der Waals surface area (Å²) in [7, 11) is 0.851. The predicted molar refractivity (Wildman–Crippen MR) is 51.3 cm³/mol. The Morgan fingerprint density at radius 3 is 1.18 bits per heavy atom. The molecule has 0 saturated heterocycles. The standard InChI is InChI=1S/C8H18N2P/c1-7(2,3)9-11-10-8(4,5)6/h1-6H3/q+1. The van der Waals surface area contributed by atoms with Crippen LogP contribution in [0.2, 0.25) is 0 Å². The van der Waals surface area contributed by atoms with Gasteiger partial charge in [-0.05, 0) is 0 Å². The van der Waals surface area contributed by atoms with E-state index in [9.17, 15) is 0 Å². The predicted octanol–water partition coefficient (Wildman–Crippen LogP) is 3.90.